The van der Waals surface area contributed by atoms with Crippen LogP contribution < -0.4 is 10.2 Å². The van der Waals surface area contributed by atoms with Crippen molar-refractivity contribution in [3.05, 3.63) is 102 Å². The third-order valence-corrected chi connectivity index (χ3v) is 9.82. The zero-order chi connectivity index (χ0) is 35.4. The first kappa shape index (κ1) is 35.3. The van der Waals surface area contributed by atoms with E-state index in [1.807, 2.05) is 37.3 Å². The van der Waals surface area contributed by atoms with Crippen LogP contribution in [0.2, 0.25) is 0 Å². The minimum absolute atomic E-state index is 0.0476. The summed E-state index contributed by atoms with van der Waals surface area (Å²) in [5.74, 6) is -4.92. The quantitative estimate of drug-likeness (QED) is 0.187. The summed E-state index contributed by atoms with van der Waals surface area (Å²) in [7, 11) is -4.29. The fourth-order valence-corrected chi connectivity index (χ4v) is 7.29. The zero-order valence-electron chi connectivity index (χ0n) is 26.0. The summed E-state index contributed by atoms with van der Waals surface area (Å²) in [6.45, 7) is 1.10. The molecule has 2 amide bonds. The highest BCUT2D eigenvalue weighted by Gasteiger charge is 2.53. The van der Waals surface area contributed by atoms with Crippen LogP contribution in [0.4, 0.5) is 13.2 Å². The first-order valence-electron chi connectivity index (χ1n) is 14.9. The molecule has 2 heterocycles. The first-order chi connectivity index (χ1) is 23.2. The molecule has 5 rings (SSSR count). The third kappa shape index (κ3) is 7.82. The van der Waals surface area contributed by atoms with E-state index in [2.05, 4.69) is 9.82 Å². The Hall–Kier alpha value is -5.06. The van der Waals surface area contributed by atoms with E-state index < -0.39 is 52.5 Å². The number of alkyl halides is 3. The predicted molar refractivity (Wildman–Crippen MR) is 167 cm³/mol. The minimum Gasteiger partial charge on any atom is -0.489 e. The Balaban J connectivity index is 1.47. The van der Waals surface area contributed by atoms with Crippen LogP contribution in [0.5, 0.6) is 5.75 Å². The van der Waals surface area contributed by atoms with Gasteiger partial charge >= 0.3 is 12.1 Å². The standard InChI is InChI=1S/C33H31F3N4O8S/c1-22-18-24(27-10-5-6-11-28(27)37-22)20-47-25-14-12-23(13-15-25)30(42)40(48-31(43)33(34,35)36)32(19-29(41)38-44)16-7-17-39(21-32)49(45,46)26-8-3-2-4-9-26/h2-6,8-15,18,44H,7,16-17,19-21H2,1H3,(H,38,41). The number of halogens is 3. The molecule has 1 saturated heterocycles. The minimum atomic E-state index is -5.56. The van der Waals surface area contributed by atoms with Crippen LogP contribution in [0, 0.1) is 6.92 Å². The molecule has 1 aromatic heterocycles. The molecule has 0 spiro atoms. The molecule has 0 saturated carbocycles. The Kier molecular flexibility index (Phi) is 10.2. The van der Waals surface area contributed by atoms with E-state index in [0.717, 1.165) is 26.5 Å². The number of amides is 2. The van der Waals surface area contributed by atoms with Gasteiger partial charge in [-0.05, 0) is 68.3 Å². The van der Waals surface area contributed by atoms with Gasteiger partial charge in [-0.3, -0.25) is 19.8 Å². The molecular formula is C33H31F3N4O8S. The monoisotopic (exact) mass is 700 g/mol. The summed E-state index contributed by atoms with van der Waals surface area (Å²) in [4.78, 5) is 47.7. The number of aromatic nitrogens is 1. The van der Waals surface area contributed by atoms with E-state index in [0.29, 0.717) is 5.75 Å². The Bertz CT molecular complexity index is 1960. The second-order valence-corrected chi connectivity index (χ2v) is 13.4. The number of carbonyl (C=O) groups is 3. The number of pyridine rings is 1. The number of nitrogens with zero attached hydrogens (tertiary/aromatic N) is 3. The normalized spacial score (nSPS) is 16.9. The molecule has 4 aromatic rings. The summed E-state index contributed by atoms with van der Waals surface area (Å²) >= 11 is 0. The lowest BCUT2D eigenvalue weighted by Crippen LogP contribution is -2.63. The Morgan fingerprint density at radius 2 is 1.69 bits per heavy atom. The molecule has 1 unspecified atom stereocenters. The maximum absolute atomic E-state index is 14.0. The van der Waals surface area contributed by atoms with Gasteiger partial charge in [-0.1, -0.05) is 36.4 Å². The molecular weight excluding hydrogens is 669 g/mol. The van der Waals surface area contributed by atoms with Gasteiger partial charge in [0.1, 0.15) is 17.9 Å². The Morgan fingerprint density at radius 3 is 2.37 bits per heavy atom. The number of carbonyl (C=O) groups excluding carboxylic acids is 3. The highest BCUT2D eigenvalue weighted by molar-refractivity contribution is 7.89. The van der Waals surface area contributed by atoms with Crippen molar-refractivity contribution in [3.63, 3.8) is 0 Å². The summed E-state index contributed by atoms with van der Waals surface area (Å²) in [5.41, 5.74) is 1.31. The van der Waals surface area contributed by atoms with Crippen molar-refractivity contribution in [2.24, 2.45) is 0 Å². The topological polar surface area (TPSA) is 155 Å². The van der Waals surface area contributed by atoms with E-state index >= 15 is 0 Å². The number of rotatable bonds is 9. The number of hydrogen-bond donors (Lipinski definition) is 2. The number of ether oxygens (including phenoxy) is 1. The number of hydroxylamine groups is 3. The van der Waals surface area contributed by atoms with Gasteiger partial charge in [-0.2, -0.15) is 22.5 Å². The summed E-state index contributed by atoms with van der Waals surface area (Å²) < 4.78 is 74.4. The van der Waals surface area contributed by atoms with Crippen molar-refractivity contribution < 1.29 is 50.8 Å². The summed E-state index contributed by atoms with van der Waals surface area (Å²) in [5, 5.41) is 10.3. The Labute approximate surface area is 279 Å². The number of piperidine rings is 1. The summed E-state index contributed by atoms with van der Waals surface area (Å²) in [6, 6.07) is 21.7. The lowest BCUT2D eigenvalue weighted by atomic mass is 9.85. The zero-order valence-corrected chi connectivity index (χ0v) is 26.8. The third-order valence-electron chi connectivity index (χ3n) is 7.96. The van der Waals surface area contributed by atoms with Crippen LogP contribution in [-0.4, -0.2) is 70.6 Å². The van der Waals surface area contributed by atoms with E-state index in [1.165, 1.54) is 54.0 Å². The lowest BCUT2D eigenvalue weighted by Gasteiger charge is -2.46. The molecule has 0 radical (unpaired) electrons. The number of aryl methyl sites for hydroxylation is 1. The molecule has 1 atom stereocenters. The van der Waals surface area contributed by atoms with E-state index in [4.69, 9.17) is 4.74 Å². The van der Waals surface area contributed by atoms with Gasteiger partial charge in [0.25, 0.3) is 5.91 Å². The van der Waals surface area contributed by atoms with Crippen molar-refractivity contribution in [2.75, 3.05) is 13.1 Å². The van der Waals surface area contributed by atoms with Crippen LogP contribution in [0.1, 0.15) is 40.9 Å². The second-order valence-electron chi connectivity index (χ2n) is 11.4. The summed E-state index contributed by atoms with van der Waals surface area (Å²) in [6.07, 6.45) is -6.79. The van der Waals surface area contributed by atoms with E-state index in [-0.39, 0.29) is 41.5 Å². The molecule has 12 nitrogen and oxygen atoms in total. The smallest absolute Gasteiger partial charge is 0.489 e. The molecule has 1 aliphatic heterocycles. The average molecular weight is 701 g/mol. The first-order valence-corrected chi connectivity index (χ1v) is 16.4. The van der Waals surface area contributed by atoms with Gasteiger partial charge in [-0.15, -0.1) is 0 Å². The number of benzene rings is 3. The van der Waals surface area contributed by atoms with Crippen molar-refractivity contribution >= 4 is 38.7 Å². The highest BCUT2D eigenvalue weighted by Crippen LogP contribution is 2.36. The van der Waals surface area contributed by atoms with Crippen LogP contribution >= 0.6 is 0 Å². The average Bonchev–Trinajstić information content (AvgIpc) is 3.09. The molecule has 49 heavy (non-hydrogen) atoms. The van der Waals surface area contributed by atoms with Gasteiger partial charge in [0.05, 0.1) is 16.8 Å². The van der Waals surface area contributed by atoms with Crippen LogP contribution in [0.25, 0.3) is 10.9 Å². The maximum atomic E-state index is 14.0. The largest absolute Gasteiger partial charge is 0.493 e. The number of sulfonamides is 1. The number of nitrogens with one attached hydrogen (secondary N) is 1. The van der Waals surface area contributed by atoms with Crippen molar-refractivity contribution in [1.82, 2.24) is 19.8 Å². The van der Waals surface area contributed by atoms with Crippen LogP contribution in [0.15, 0.2) is 89.8 Å². The number of hydrogen-bond acceptors (Lipinski definition) is 9. The van der Waals surface area contributed by atoms with E-state index in [1.54, 1.807) is 6.07 Å². The van der Waals surface area contributed by atoms with Gasteiger partial charge in [0.15, 0.2) is 0 Å². The molecule has 258 valence electrons. The lowest BCUT2D eigenvalue weighted by molar-refractivity contribution is -0.247. The van der Waals surface area contributed by atoms with Crippen LogP contribution in [0.3, 0.4) is 0 Å². The van der Waals surface area contributed by atoms with Crippen molar-refractivity contribution in [3.8, 4) is 5.75 Å². The van der Waals surface area contributed by atoms with E-state index in [9.17, 15) is 41.2 Å². The highest BCUT2D eigenvalue weighted by atomic mass is 32.2. The Morgan fingerprint density at radius 1 is 1.02 bits per heavy atom. The van der Waals surface area contributed by atoms with Crippen molar-refractivity contribution in [1.29, 1.82) is 0 Å². The molecule has 0 bridgehead atoms. The fourth-order valence-electron chi connectivity index (χ4n) is 5.71. The van der Waals surface area contributed by atoms with Gasteiger partial charge in [0.2, 0.25) is 15.9 Å². The van der Waals surface area contributed by atoms with Gasteiger partial charge < -0.3 is 9.57 Å². The van der Waals surface area contributed by atoms with Gasteiger partial charge in [-0.25, -0.2) is 18.7 Å². The molecule has 1 fully saturated rings. The second kappa shape index (κ2) is 14.2. The predicted octanol–water partition coefficient (Wildman–Crippen LogP) is 4.70. The number of fused-ring (bicyclic) bond motifs is 1. The molecule has 3 aromatic carbocycles. The molecule has 1 aliphatic rings. The molecule has 16 heteroatoms. The maximum Gasteiger partial charge on any atom is 0.493 e. The number of para-hydroxylation sites is 1. The van der Waals surface area contributed by atoms with Crippen molar-refractivity contribution in [2.45, 2.75) is 49.4 Å². The van der Waals surface area contributed by atoms with Gasteiger partial charge in [0, 0.05) is 35.3 Å². The molecule has 0 aliphatic carbocycles. The SMILES string of the molecule is Cc1cc(COc2ccc(C(=O)N(OC(=O)C(F)(F)F)C3(CC(=O)NO)CCCN(S(=O)(=O)c4ccccc4)C3)cc2)c2ccccc2n1. The molecule has 2 N–H and O–H groups in total. The fraction of sp³-hybridized carbons (Fsp3) is 0.273. The van der Waals surface area contributed by atoms with Crippen LogP contribution in [-0.2, 0) is 31.1 Å².